The second-order valence-corrected chi connectivity index (χ2v) is 6.82. The normalized spacial score (nSPS) is 10.7. The van der Waals surface area contributed by atoms with Crippen molar-refractivity contribution in [3.05, 3.63) is 101 Å². The fourth-order valence-corrected chi connectivity index (χ4v) is 3.33. The van der Waals surface area contributed by atoms with Gasteiger partial charge in [-0.05, 0) is 42.3 Å². The smallest absolute Gasteiger partial charge is 0.265 e. The highest BCUT2D eigenvalue weighted by molar-refractivity contribution is 5.97. The summed E-state index contributed by atoms with van der Waals surface area (Å²) in [4.78, 5) is 29.9. The first-order chi connectivity index (χ1) is 14.7. The lowest BCUT2D eigenvalue weighted by Crippen LogP contribution is -2.26. The van der Waals surface area contributed by atoms with Crippen molar-refractivity contribution in [2.24, 2.45) is 0 Å². The molecule has 4 aromatic rings. The maximum Gasteiger partial charge on any atom is 0.265 e. The number of nitrogens with zero attached hydrogens (tertiary/aromatic N) is 2. The summed E-state index contributed by atoms with van der Waals surface area (Å²) in [7, 11) is 1.56. The predicted octanol–water partition coefficient (Wildman–Crippen LogP) is 3.37. The molecule has 6 nitrogen and oxygen atoms in total. The molecular formula is C24H21N3O3. The van der Waals surface area contributed by atoms with Crippen molar-refractivity contribution in [3.63, 3.8) is 0 Å². The molecule has 0 aliphatic heterocycles. The van der Waals surface area contributed by atoms with Gasteiger partial charge in [0.15, 0.2) is 0 Å². The molecule has 30 heavy (non-hydrogen) atoms. The van der Waals surface area contributed by atoms with Crippen LogP contribution >= 0.6 is 0 Å². The van der Waals surface area contributed by atoms with Crippen molar-refractivity contribution >= 4 is 16.8 Å². The van der Waals surface area contributed by atoms with Gasteiger partial charge in [0.25, 0.3) is 11.5 Å². The second-order valence-electron chi connectivity index (χ2n) is 6.82. The van der Waals surface area contributed by atoms with Crippen LogP contribution in [0.5, 0.6) is 5.75 Å². The van der Waals surface area contributed by atoms with E-state index in [1.165, 1.54) is 10.9 Å². The second kappa shape index (κ2) is 8.61. The predicted molar refractivity (Wildman–Crippen MR) is 116 cm³/mol. The molecule has 1 N–H and O–H groups in total. The van der Waals surface area contributed by atoms with Crippen LogP contribution in [0.3, 0.4) is 0 Å². The van der Waals surface area contributed by atoms with Crippen LogP contribution in [-0.4, -0.2) is 29.1 Å². The van der Waals surface area contributed by atoms with E-state index < -0.39 is 0 Å². The van der Waals surface area contributed by atoms with Gasteiger partial charge in [0, 0.05) is 12.1 Å². The number of aromatic nitrogens is 2. The summed E-state index contributed by atoms with van der Waals surface area (Å²) >= 11 is 0. The summed E-state index contributed by atoms with van der Waals surface area (Å²) in [5.41, 5.74) is 2.50. The Labute approximate surface area is 173 Å². The molecule has 0 spiro atoms. The third kappa shape index (κ3) is 3.93. The zero-order chi connectivity index (χ0) is 20.9. The quantitative estimate of drug-likeness (QED) is 0.540. The van der Waals surface area contributed by atoms with Crippen molar-refractivity contribution in [1.29, 1.82) is 0 Å². The number of fused-ring (bicyclic) bond motifs is 1. The van der Waals surface area contributed by atoms with Gasteiger partial charge in [-0.15, -0.1) is 0 Å². The van der Waals surface area contributed by atoms with Gasteiger partial charge in [0.2, 0.25) is 0 Å². The zero-order valence-electron chi connectivity index (χ0n) is 16.5. The summed E-state index contributed by atoms with van der Waals surface area (Å²) in [6.07, 6.45) is 2.21. The Bertz CT molecular complexity index is 1250. The Hall–Kier alpha value is -3.93. The number of amides is 1. The van der Waals surface area contributed by atoms with Crippen LogP contribution in [0, 0.1) is 0 Å². The lowest BCUT2D eigenvalue weighted by atomic mass is 10.1. The van der Waals surface area contributed by atoms with Gasteiger partial charge >= 0.3 is 0 Å². The molecule has 1 aromatic heterocycles. The van der Waals surface area contributed by atoms with Gasteiger partial charge in [0.1, 0.15) is 12.1 Å². The minimum atomic E-state index is -0.222. The number of hydrogen-bond donors (Lipinski definition) is 1. The van der Waals surface area contributed by atoms with Crippen LogP contribution in [0.4, 0.5) is 0 Å². The van der Waals surface area contributed by atoms with E-state index in [0.29, 0.717) is 34.4 Å². The topological polar surface area (TPSA) is 73.2 Å². The van der Waals surface area contributed by atoms with Crippen LogP contribution in [0.1, 0.15) is 15.9 Å². The Morgan fingerprint density at radius 2 is 1.80 bits per heavy atom. The van der Waals surface area contributed by atoms with Crippen molar-refractivity contribution in [3.8, 4) is 11.4 Å². The summed E-state index contributed by atoms with van der Waals surface area (Å²) < 4.78 is 6.79. The van der Waals surface area contributed by atoms with E-state index in [-0.39, 0.29) is 11.5 Å². The molecule has 0 unspecified atom stereocenters. The largest absolute Gasteiger partial charge is 0.495 e. The molecule has 150 valence electrons. The highest BCUT2D eigenvalue weighted by Crippen LogP contribution is 2.21. The molecule has 0 atom stereocenters. The summed E-state index contributed by atoms with van der Waals surface area (Å²) in [5, 5.41) is 3.35. The molecule has 3 aromatic carbocycles. The number of para-hydroxylation sites is 2. The van der Waals surface area contributed by atoms with E-state index in [4.69, 9.17) is 4.74 Å². The lowest BCUT2D eigenvalue weighted by molar-refractivity contribution is 0.0954. The molecule has 0 aliphatic rings. The van der Waals surface area contributed by atoms with Crippen molar-refractivity contribution in [1.82, 2.24) is 14.9 Å². The first-order valence-electron chi connectivity index (χ1n) is 9.64. The summed E-state index contributed by atoms with van der Waals surface area (Å²) in [6.45, 7) is 0.531. The number of nitrogens with one attached hydrogen (secondary N) is 1. The molecule has 0 aliphatic carbocycles. The first kappa shape index (κ1) is 19.4. The Kier molecular flexibility index (Phi) is 5.57. The Morgan fingerprint density at radius 3 is 2.60 bits per heavy atom. The maximum atomic E-state index is 13.0. The third-order valence-corrected chi connectivity index (χ3v) is 4.91. The van der Waals surface area contributed by atoms with E-state index >= 15 is 0 Å². The summed E-state index contributed by atoms with van der Waals surface area (Å²) in [6, 6.07) is 22.1. The first-order valence-corrected chi connectivity index (χ1v) is 9.64. The standard InChI is InChI=1S/C24H21N3O3/c1-30-22-10-6-5-9-21(22)27-16-26-20-15-18(11-12-19(20)24(27)29)23(28)25-14-13-17-7-3-2-4-8-17/h2-12,15-16H,13-14H2,1H3,(H,25,28). The third-order valence-electron chi connectivity index (χ3n) is 4.91. The van der Waals surface area contributed by atoms with Crippen LogP contribution in [0.2, 0.25) is 0 Å². The van der Waals surface area contributed by atoms with E-state index in [1.54, 1.807) is 37.4 Å². The minimum absolute atomic E-state index is 0.191. The number of hydrogen-bond acceptors (Lipinski definition) is 4. The average molecular weight is 399 g/mol. The van der Waals surface area contributed by atoms with E-state index in [9.17, 15) is 9.59 Å². The van der Waals surface area contributed by atoms with Crippen LogP contribution in [-0.2, 0) is 6.42 Å². The van der Waals surface area contributed by atoms with Crippen LogP contribution < -0.4 is 15.6 Å². The fourth-order valence-electron chi connectivity index (χ4n) is 3.33. The molecule has 0 saturated carbocycles. The van der Waals surface area contributed by atoms with Gasteiger partial charge in [-0.25, -0.2) is 4.98 Å². The van der Waals surface area contributed by atoms with Gasteiger partial charge in [-0.1, -0.05) is 42.5 Å². The van der Waals surface area contributed by atoms with Crippen molar-refractivity contribution in [2.75, 3.05) is 13.7 Å². The molecule has 4 rings (SSSR count). The van der Waals surface area contributed by atoms with Crippen molar-refractivity contribution < 1.29 is 9.53 Å². The Morgan fingerprint density at radius 1 is 1.03 bits per heavy atom. The van der Waals surface area contributed by atoms with Gasteiger partial charge in [-0.3, -0.25) is 14.2 Å². The SMILES string of the molecule is COc1ccccc1-n1cnc2cc(C(=O)NCCc3ccccc3)ccc2c1=O. The van der Waals surface area contributed by atoms with Gasteiger partial charge in [0.05, 0.1) is 23.7 Å². The summed E-state index contributed by atoms with van der Waals surface area (Å²) in [5.74, 6) is 0.388. The van der Waals surface area contributed by atoms with Crippen molar-refractivity contribution in [2.45, 2.75) is 6.42 Å². The van der Waals surface area contributed by atoms with Gasteiger partial charge < -0.3 is 10.1 Å². The average Bonchev–Trinajstić information content (AvgIpc) is 2.80. The number of methoxy groups -OCH3 is 1. The number of benzene rings is 3. The number of carbonyl (C=O) groups excluding carboxylic acids is 1. The molecule has 1 heterocycles. The number of carbonyl (C=O) groups is 1. The van der Waals surface area contributed by atoms with Crippen LogP contribution in [0.25, 0.3) is 16.6 Å². The molecule has 6 heteroatoms. The highest BCUT2D eigenvalue weighted by atomic mass is 16.5. The minimum Gasteiger partial charge on any atom is -0.495 e. The molecule has 1 amide bonds. The zero-order valence-corrected chi connectivity index (χ0v) is 16.5. The van der Waals surface area contributed by atoms with Crippen LogP contribution in [0.15, 0.2) is 83.9 Å². The molecule has 0 radical (unpaired) electrons. The fraction of sp³-hybridized carbons (Fsp3) is 0.125. The monoisotopic (exact) mass is 399 g/mol. The molecule has 0 fully saturated rings. The van der Waals surface area contributed by atoms with E-state index in [1.807, 2.05) is 42.5 Å². The molecule has 0 bridgehead atoms. The highest BCUT2D eigenvalue weighted by Gasteiger charge is 2.12. The maximum absolute atomic E-state index is 13.0. The van der Waals surface area contributed by atoms with E-state index in [2.05, 4.69) is 10.3 Å². The number of rotatable bonds is 6. The molecule has 0 saturated heterocycles. The number of ether oxygens (including phenoxy) is 1. The van der Waals surface area contributed by atoms with E-state index in [0.717, 1.165) is 12.0 Å². The molecular weight excluding hydrogens is 378 g/mol. The van der Waals surface area contributed by atoms with Gasteiger partial charge in [-0.2, -0.15) is 0 Å². The lowest BCUT2D eigenvalue weighted by Gasteiger charge is -2.11. The Balaban J connectivity index is 1.56.